The van der Waals surface area contributed by atoms with Crippen molar-refractivity contribution < 1.29 is 23.7 Å². The highest BCUT2D eigenvalue weighted by Crippen LogP contribution is 2.37. The molecule has 1 aliphatic rings. The zero-order valence-electron chi connectivity index (χ0n) is 20.8. The number of carbonyl (C=O) groups is 1. The standard InChI is InChI=1S/C28H28N4O5/c1-34-24-15-22-23(16-25(24)35-2)30-27(31-28(22)32-8-10-36-11-9-32)20-12-19(26(29)33)13-21(14-20)37-17-18-6-4-3-5-7-18/h3-7,12-16H,8-11,17H2,1-2H3,(H2,29,33). The zero-order valence-corrected chi connectivity index (χ0v) is 20.8. The van der Waals surface area contributed by atoms with Crippen LogP contribution in [0.3, 0.4) is 0 Å². The maximum Gasteiger partial charge on any atom is 0.248 e. The second-order valence-corrected chi connectivity index (χ2v) is 8.58. The van der Waals surface area contributed by atoms with Crippen molar-refractivity contribution in [3.05, 3.63) is 71.8 Å². The van der Waals surface area contributed by atoms with Crippen molar-refractivity contribution in [1.29, 1.82) is 0 Å². The van der Waals surface area contributed by atoms with Crippen molar-refractivity contribution in [2.24, 2.45) is 5.73 Å². The number of primary amides is 1. The summed E-state index contributed by atoms with van der Waals surface area (Å²) in [5.41, 5.74) is 8.27. The molecule has 2 N–H and O–H groups in total. The molecule has 190 valence electrons. The average Bonchev–Trinajstić information content (AvgIpc) is 2.95. The van der Waals surface area contributed by atoms with E-state index in [1.807, 2.05) is 48.5 Å². The van der Waals surface area contributed by atoms with Gasteiger partial charge < -0.3 is 29.6 Å². The predicted octanol–water partition coefficient (Wildman–Crippen LogP) is 3.83. The van der Waals surface area contributed by atoms with Gasteiger partial charge >= 0.3 is 0 Å². The SMILES string of the molecule is COc1cc2nc(-c3cc(OCc4ccccc4)cc(C(N)=O)c3)nc(N3CCOCC3)c2cc1OC. The van der Waals surface area contributed by atoms with E-state index in [1.165, 1.54) is 0 Å². The van der Waals surface area contributed by atoms with Crippen LogP contribution in [0.5, 0.6) is 17.2 Å². The molecule has 0 saturated carbocycles. The second-order valence-electron chi connectivity index (χ2n) is 8.58. The smallest absolute Gasteiger partial charge is 0.248 e. The molecule has 9 nitrogen and oxygen atoms in total. The Labute approximate surface area is 214 Å². The van der Waals surface area contributed by atoms with Gasteiger partial charge in [0.05, 0.1) is 33.0 Å². The van der Waals surface area contributed by atoms with Gasteiger partial charge in [0, 0.05) is 35.7 Å². The van der Waals surface area contributed by atoms with Gasteiger partial charge in [-0.1, -0.05) is 30.3 Å². The second kappa shape index (κ2) is 10.7. The van der Waals surface area contributed by atoms with E-state index in [-0.39, 0.29) is 0 Å². The summed E-state index contributed by atoms with van der Waals surface area (Å²) in [5.74, 6) is 2.28. The van der Waals surface area contributed by atoms with Crippen LogP contribution in [0.25, 0.3) is 22.3 Å². The lowest BCUT2D eigenvalue weighted by molar-refractivity contribution is 0.1000. The fraction of sp³-hybridized carbons (Fsp3) is 0.250. The van der Waals surface area contributed by atoms with Crippen LogP contribution in [-0.2, 0) is 11.3 Å². The molecular weight excluding hydrogens is 472 g/mol. The number of anilines is 1. The predicted molar refractivity (Wildman–Crippen MR) is 140 cm³/mol. The van der Waals surface area contributed by atoms with Crippen LogP contribution in [0.15, 0.2) is 60.7 Å². The molecule has 2 heterocycles. The van der Waals surface area contributed by atoms with E-state index >= 15 is 0 Å². The number of carbonyl (C=O) groups excluding carboxylic acids is 1. The minimum Gasteiger partial charge on any atom is -0.493 e. The Morgan fingerprint density at radius 1 is 0.973 bits per heavy atom. The summed E-state index contributed by atoms with van der Waals surface area (Å²) in [4.78, 5) is 24.1. The van der Waals surface area contributed by atoms with Gasteiger partial charge in [-0.15, -0.1) is 0 Å². The fourth-order valence-corrected chi connectivity index (χ4v) is 4.28. The largest absolute Gasteiger partial charge is 0.493 e. The molecular formula is C28H28N4O5. The van der Waals surface area contributed by atoms with Crippen LogP contribution < -0.4 is 24.8 Å². The van der Waals surface area contributed by atoms with Crippen LogP contribution >= 0.6 is 0 Å². The number of rotatable bonds is 8. The number of hydrogen-bond acceptors (Lipinski definition) is 8. The quantitative estimate of drug-likeness (QED) is 0.389. The van der Waals surface area contributed by atoms with E-state index in [2.05, 4.69) is 4.90 Å². The maximum atomic E-state index is 12.2. The van der Waals surface area contributed by atoms with E-state index in [9.17, 15) is 4.79 Å². The molecule has 5 rings (SSSR count). The first-order valence-corrected chi connectivity index (χ1v) is 11.9. The molecule has 3 aromatic carbocycles. The van der Waals surface area contributed by atoms with Crippen molar-refractivity contribution in [1.82, 2.24) is 9.97 Å². The summed E-state index contributed by atoms with van der Waals surface area (Å²) in [6.07, 6.45) is 0. The molecule has 0 atom stereocenters. The van der Waals surface area contributed by atoms with Crippen molar-refractivity contribution in [2.75, 3.05) is 45.4 Å². The summed E-state index contributed by atoms with van der Waals surface area (Å²) in [5, 5.41) is 0.829. The molecule has 1 amide bonds. The van der Waals surface area contributed by atoms with E-state index in [1.54, 1.807) is 26.4 Å². The van der Waals surface area contributed by atoms with Gasteiger partial charge in [0.25, 0.3) is 0 Å². The monoisotopic (exact) mass is 500 g/mol. The van der Waals surface area contributed by atoms with Gasteiger partial charge in [0.15, 0.2) is 17.3 Å². The molecule has 1 saturated heterocycles. The topological polar surface area (TPSA) is 109 Å². The minimum atomic E-state index is -0.563. The van der Waals surface area contributed by atoms with Crippen LogP contribution in [0.2, 0.25) is 0 Å². The van der Waals surface area contributed by atoms with Gasteiger partial charge in [-0.05, 0) is 29.8 Å². The van der Waals surface area contributed by atoms with Crippen LogP contribution in [0, 0.1) is 0 Å². The third-order valence-electron chi connectivity index (χ3n) is 6.19. The number of fused-ring (bicyclic) bond motifs is 1. The highest BCUT2D eigenvalue weighted by atomic mass is 16.5. The van der Waals surface area contributed by atoms with Crippen molar-refractivity contribution in [3.63, 3.8) is 0 Å². The average molecular weight is 501 g/mol. The first kappa shape index (κ1) is 24.3. The Hall–Kier alpha value is -4.37. The summed E-state index contributed by atoms with van der Waals surface area (Å²) in [7, 11) is 3.18. The van der Waals surface area contributed by atoms with Crippen molar-refractivity contribution in [3.8, 4) is 28.6 Å². The Bertz CT molecular complexity index is 1420. The fourth-order valence-electron chi connectivity index (χ4n) is 4.28. The van der Waals surface area contributed by atoms with Crippen molar-refractivity contribution in [2.45, 2.75) is 6.61 Å². The highest BCUT2D eigenvalue weighted by molar-refractivity contribution is 5.96. The zero-order chi connectivity index (χ0) is 25.8. The van der Waals surface area contributed by atoms with Gasteiger partial charge in [0.1, 0.15) is 18.2 Å². The molecule has 0 spiro atoms. The first-order valence-electron chi connectivity index (χ1n) is 11.9. The molecule has 0 aliphatic carbocycles. The van der Waals surface area contributed by atoms with E-state index in [0.29, 0.717) is 72.6 Å². The number of ether oxygens (including phenoxy) is 4. The summed E-state index contributed by atoms with van der Waals surface area (Å²) >= 11 is 0. The molecule has 37 heavy (non-hydrogen) atoms. The number of nitrogens with two attached hydrogens (primary N) is 1. The van der Waals surface area contributed by atoms with E-state index < -0.39 is 5.91 Å². The Morgan fingerprint density at radius 3 is 2.41 bits per heavy atom. The molecule has 0 bridgehead atoms. The normalized spacial score (nSPS) is 13.4. The Balaban J connectivity index is 1.62. The summed E-state index contributed by atoms with van der Waals surface area (Å²) < 4.78 is 22.6. The molecule has 1 fully saturated rings. The Morgan fingerprint density at radius 2 is 1.70 bits per heavy atom. The van der Waals surface area contributed by atoms with Crippen LogP contribution in [-0.4, -0.2) is 56.4 Å². The van der Waals surface area contributed by atoms with E-state index in [4.69, 9.17) is 34.6 Å². The number of nitrogens with zero attached hydrogens (tertiary/aromatic N) is 3. The van der Waals surface area contributed by atoms with Crippen LogP contribution in [0.4, 0.5) is 5.82 Å². The number of amides is 1. The third-order valence-corrected chi connectivity index (χ3v) is 6.19. The van der Waals surface area contributed by atoms with Gasteiger partial charge in [-0.3, -0.25) is 4.79 Å². The molecule has 0 unspecified atom stereocenters. The maximum absolute atomic E-state index is 12.2. The number of benzene rings is 3. The van der Waals surface area contributed by atoms with Gasteiger partial charge in [0.2, 0.25) is 5.91 Å². The highest BCUT2D eigenvalue weighted by Gasteiger charge is 2.21. The first-order chi connectivity index (χ1) is 18.1. The van der Waals surface area contributed by atoms with Crippen molar-refractivity contribution >= 4 is 22.6 Å². The molecule has 9 heteroatoms. The van der Waals surface area contributed by atoms with E-state index in [0.717, 1.165) is 16.8 Å². The van der Waals surface area contributed by atoms with Gasteiger partial charge in [-0.2, -0.15) is 0 Å². The minimum absolute atomic E-state index is 0.310. The molecule has 1 aliphatic heterocycles. The lowest BCUT2D eigenvalue weighted by Gasteiger charge is -2.29. The number of morpholine rings is 1. The lowest BCUT2D eigenvalue weighted by atomic mass is 10.1. The van der Waals surface area contributed by atoms with Gasteiger partial charge in [-0.25, -0.2) is 9.97 Å². The Kier molecular flexibility index (Phi) is 7.04. The number of aromatic nitrogens is 2. The molecule has 1 aromatic heterocycles. The van der Waals surface area contributed by atoms with Crippen LogP contribution in [0.1, 0.15) is 15.9 Å². The third kappa shape index (κ3) is 5.26. The summed E-state index contributed by atoms with van der Waals surface area (Å²) in [6, 6.07) is 18.6. The molecule has 4 aromatic rings. The lowest BCUT2D eigenvalue weighted by Crippen LogP contribution is -2.37. The summed E-state index contributed by atoms with van der Waals surface area (Å²) in [6.45, 7) is 2.92. The number of hydrogen-bond donors (Lipinski definition) is 1. The number of methoxy groups -OCH3 is 2. The molecule has 0 radical (unpaired) electrons.